The Kier molecular flexibility index (Phi) is 13.4. The molecule has 0 fully saturated rings. The number of carbonyl (C=O) groups excluding carboxylic acids is 1. The van der Waals surface area contributed by atoms with Crippen LogP contribution in [0.15, 0.2) is 0 Å². The predicted molar refractivity (Wildman–Crippen MR) is 96.0 cm³/mol. The lowest BCUT2D eigenvalue weighted by atomic mass is 10.1. The molecule has 0 aromatic rings. The third-order valence-corrected chi connectivity index (χ3v) is 5.05. The first-order valence-corrected chi connectivity index (χ1v) is 14.2. The fraction of sp³-hybridized carbons (Fsp3) is 0.938. The monoisotopic (exact) mass is 332 g/mol. The van der Waals surface area contributed by atoms with E-state index in [1.807, 2.05) is 6.55 Å². The molecule has 0 spiro atoms. The highest BCUT2D eigenvalue weighted by Gasteiger charge is 2.12. The van der Waals surface area contributed by atoms with E-state index in [0.717, 1.165) is 13.0 Å². The van der Waals surface area contributed by atoms with Crippen molar-refractivity contribution in [3.63, 3.8) is 0 Å². The molecular formula is C16H36O3Si2. The van der Waals surface area contributed by atoms with E-state index < -0.39 is 18.1 Å². The van der Waals surface area contributed by atoms with Gasteiger partial charge in [0.1, 0.15) is 0 Å². The van der Waals surface area contributed by atoms with E-state index in [-0.39, 0.29) is 5.97 Å². The van der Waals surface area contributed by atoms with Crippen molar-refractivity contribution in [1.82, 2.24) is 0 Å². The summed E-state index contributed by atoms with van der Waals surface area (Å²) in [4.78, 5) is 11.2. The van der Waals surface area contributed by atoms with Gasteiger partial charge in [-0.3, -0.25) is 4.79 Å². The number of unbranched alkanes of at least 4 members (excludes halogenated alkanes) is 8. The van der Waals surface area contributed by atoms with E-state index in [9.17, 15) is 4.79 Å². The Labute approximate surface area is 135 Å². The van der Waals surface area contributed by atoms with Crippen molar-refractivity contribution in [1.29, 1.82) is 0 Å². The molecule has 0 atom stereocenters. The smallest absolute Gasteiger partial charge is 0.292 e. The molecule has 126 valence electrons. The lowest BCUT2D eigenvalue weighted by molar-refractivity contribution is -0.134. The molecule has 3 nitrogen and oxygen atoms in total. The van der Waals surface area contributed by atoms with Crippen LogP contribution in [-0.4, -0.2) is 30.7 Å². The summed E-state index contributed by atoms with van der Waals surface area (Å²) in [5, 5.41) is 0. The van der Waals surface area contributed by atoms with Gasteiger partial charge in [0.05, 0.1) is 0 Å². The van der Waals surface area contributed by atoms with Crippen LogP contribution in [0.1, 0.15) is 64.2 Å². The van der Waals surface area contributed by atoms with Crippen LogP contribution in [0.3, 0.4) is 0 Å². The zero-order valence-electron chi connectivity index (χ0n) is 14.7. The predicted octanol–water partition coefficient (Wildman–Crippen LogP) is 4.41. The van der Waals surface area contributed by atoms with Crippen molar-refractivity contribution >= 4 is 24.0 Å². The summed E-state index contributed by atoms with van der Waals surface area (Å²) < 4.78 is 10.9. The van der Waals surface area contributed by atoms with E-state index >= 15 is 0 Å². The molecule has 0 N–H and O–H groups in total. The molecule has 0 aliphatic rings. The molecule has 0 saturated carbocycles. The maximum absolute atomic E-state index is 11.2. The Balaban J connectivity index is 3.11. The highest BCUT2D eigenvalue weighted by Crippen LogP contribution is 2.11. The average molecular weight is 333 g/mol. The minimum Gasteiger partial charge on any atom is -0.525 e. The maximum atomic E-state index is 11.2. The summed E-state index contributed by atoms with van der Waals surface area (Å²) in [7, 11) is -1.85. The number of hydrogen-bond acceptors (Lipinski definition) is 3. The molecule has 0 heterocycles. The Morgan fingerprint density at radius 2 is 1.33 bits per heavy atom. The summed E-state index contributed by atoms with van der Waals surface area (Å²) in [5.41, 5.74) is 0. The van der Waals surface area contributed by atoms with Crippen molar-refractivity contribution in [3.8, 4) is 0 Å². The van der Waals surface area contributed by atoms with E-state index in [0.29, 0.717) is 6.42 Å². The number of rotatable bonds is 14. The van der Waals surface area contributed by atoms with Gasteiger partial charge in [0.15, 0.2) is 8.32 Å². The second-order valence-electron chi connectivity index (χ2n) is 6.70. The van der Waals surface area contributed by atoms with Crippen LogP contribution >= 0.6 is 0 Å². The SMILES string of the molecule is C[SiH2]OC(=O)CCCCCCCCCCCO[Si](C)(C)C. The summed E-state index contributed by atoms with van der Waals surface area (Å²) in [5.74, 6) is 0.0182. The molecule has 0 saturated heterocycles. The molecule has 0 aliphatic heterocycles. The Hall–Kier alpha value is -0.136. The second kappa shape index (κ2) is 13.5. The van der Waals surface area contributed by atoms with Crippen LogP contribution < -0.4 is 0 Å². The molecule has 0 aromatic heterocycles. The quantitative estimate of drug-likeness (QED) is 0.349. The van der Waals surface area contributed by atoms with Crippen molar-refractivity contribution in [2.45, 2.75) is 90.4 Å². The molecule has 0 bridgehead atoms. The van der Waals surface area contributed by atoms with Gasteiger partial charge in [-0.2, -0.15) is 0 Å². The van der Waals surface area contributed by atoms with Crippen LogP contribution in [0, 0.1) is 0 Å². The van der Waals surface area contributed by atoms with Gasteiger partial charge in [0.25, 0.3) is 5.97 Å². The minimum absolute atomic E-state index is 0.0182. The molecule has 0 amide bonds. The van der Waals surface area contributed by atoms with E-state index in [1.54, 1.807) is 0 Å². The van der Waals surface area contributed by atoms with Crippen LogP contribution in [0.2, 0.25) is 26.2 Å². The van der Waals surface area contributed by atoms with Crippen molar-refractivity contribution < 1.29 is 13.6 Å². The highest BCUT2D eigenvalue weighted by atomic mass is 28.4. The first-order chi connectivity index (χ1) is 9.95. The third-order valence-electron chi connectivity index (χ3n) is 3.37. The maximum Gasteiger partial charge on any atom is 0.292 e. The van der Waals surface area contributed by atoms with Gasteiger partial charge in [-0.05, 0) is 39.0 Å². The molecule has 0 rings (SSSR count). The Morgan fingerprint density at radius 3 is 1.81 bits per heavy atom. The molecule has 5 heteroatoms. The van der Waals surface area contributed by atoms with Gasteiger partial charge in [0, 0.05) is 13.0 Å². The summed E-state index contributed by atoms with van der Waals surface area (Å²) in [6, 6.07) is 0. The summed E-state index contributed by atoms with van der Waals surface area (Å²) in [6.45, 7) is 9.69. The first kappa shape index (κ1) is 20.9. The largest absolute Gasteiger partial charge is 0.525 e. The van der Waals surface area contributed by atoms with Gasteiger partial charge >= 0.3 is 0 Å². The van der Waals surface area contributed by atoms with Gasteiger partial charge in [0.2, 0.25) is 9.76 Å². The fourth-order valence-corrected chi connectivity index (χ4v) is 3.44. The van der Waals surface area contributed by atoms with E-state index in [4.69, 9.17) is 8.85 Å². The van der Waals surface area contributed by atoms with E-state index in [1.165, 1.54) is 51.4 Å². The number of carbonyl (C=O) groups is 1. The van der Waals surface area contributed by atoms with Crippen LogP contribution in [0.5, 0.6) is 0 Å². The van der Waals surface area contributed by atoms with Gasteiger partial charge < -0.3 is 8.85 Å². The zero-order chi connectivity index (χ0) is 16.0. The first-order valence-electron chi connectivity index (χ1n) is 8.75. The lowest BCUT2D eigenvalue weighted by Crippen LogP contribution is -2.25. The Morgan fingerprint density at radius 1 is 0.857 bits per heavy atom. The molecular weight excluding hydrogens is 296 g/mol. The normalized spacial score (nSPS) is 12.2. The van der Waals surface area contributed by atoms with Crippen LogP contribution in [-0.2, 0) is 13.6 Å². The van der Waals surface area contributed by atoms with Crippen molar-refractivity contribution in [3.05, 3.63) is 0 Å². The van der Waals surface area contributed by atoms with Crippen LogP contribution in [0.4, 0.5) is 0 Å². The lowest BCUT2D eigenvalue weighted by Gasteiger charge is -2.16. The molecule has 0 aromatic carbocycles. The standard InChI is InChI=1S/C16H36O3Si2/c1-20-19-16(17)14-12-10-8-6-5-7-9-11-13-15-18-21(2,3)4/h5-15,20H2,1-4H3. The van der Waals surface area contributed by atoms with Crippen molar-refractivity contribution in [2.75, 3.05) is 6.61 Å². The Bertz CT molecular complexity index is 252. The summed E-state index contributed by atoms with van der Waals surface area (Å²) in [6.07, 6.45) is 11.9. The fourth-order valence-electron chi connectivity index (χ4n) is 2.22. The van der Waals surface area contributed by atoms with Crippen LogP contribution in [0.25, 0.3) is 0 Å². The molecule has 0 radical (unpaired) electrons. The highest BCUT2D eigenvalue weighted by molar-refractivity contribution is 6.69. The van der Waals surface area contributed by atoms with Gasteiger partial charge in [-0.25, -0.2) is 0 Å². The molecule has 0 aliphatic carbocycles. The topological polar surface area (TPSA) is 35.5 Å². The second-order valence-corrected chi connectivity index (χ2v) is 12.1. The summed E-state index contributed by atoms with van der Waals surface area (Å²) >= 11 is 0. The van der Waals surface area contributed by atoms with Crippen molar-refractivity contribution in [2.24, 2.45) is 0 Å². The number of hydrogen-bond donors (Lipinski definition) is 0. The third kappa shape index (κ3) is 17.8. The molecule has 21 heavy (non-hydrogen) atoms. The van der Waals surface area contributed by atoms with Gasteiger partial charge in [-0.1, -0.05) is 44.9 Å². The van der Waals surface area contributed by atoms with E-state index in [2.05, 4.69) is 19.6 Å². The average Bonchev–Trinajstić information content (AvgIpc) is 2.39. The minimum atomic E-state index is -1.30. The zero-order valence-corrected chi connectivity index (χ0v) is 17.1. The molecule has 0 unspecified atom stereocenters. The van der Waals surface area contributed by atoms with Gasteiger partial charge in [-0.15, -0.1) is 0 Å².